The first-order chi connectivity index (χ1) is 14.4. The normalized spacial score (nSPS) is 14.1. The third-order valence-electron chi connectivity index (χ3n) is 5.16. The minimum atomic E-state index is 0.0304. The average Bonchev–Trinajstić information content (AvgIpc) is 3.36. The van der Waals surface area contributed by atoms with E-state index in [2.05, 4.69) is 4.90 Å². The maximum atomic E-state index is 13.2. The predicted octanol–water partition coefficient (Wildman–Crippen LogP) is 4.50. The van der Waals surface area contributed by atoms with Gasteiger partial charge in [-0.25, -0.2) is 9.97 Å². The van der Waals surface area contributed by atoms with Crippen LogP contribution in [0, 0.1) is 6.92 Å². The van der Waals surface area contributed by atoms with Crippen molar-refractivity contribution in [1.29, 1.82) is 0 Å². The molecule has 1 amide bonds. The molecule has 158 valence electrons. The number of hydrogen-bond acceptors (Lipinski definition) is 6. The first kappa shape index (κ1) is 21.0. The number of likely N-dealkylation sites (tertiary alicyclic amines) is 1. The molecule has 1 saturated heterocycles. The van der Waals surface area contributed by atoms with Crippen LogP contribution in [0.2, 0.25) is 5.02 Å². The fourth-order valence-electron chi connectivity index (χ4n) is 3.54. The molecule has 0 atom stereocenters. The van der Waals surface area contributed by atoms with E-state index in [4.69, 9.17) is 26.3 Å². The van der Waals surface area contributed by atoms with E-state index in [1.165, 1.54) is 11.3 Å². The van der Waals surface area contributed by atoms with E-state index in [9.17, 15) is 4.79 Å². The summed E-state index contributed by atoms with van der Waals surface area (Å²) >= 11 is 7.41. The zero-order chi connectivity index (χ0) is 21.3. The summed E-state index contributed by atoms with van der Waals surface area (Å²) in [6.45, 7) is 4.80. The maximum absolute atomic E-state index is 13.2. The van der Waals surface area contributed by atoms with Crippen LogP contribution in [-0.2, 0) is 0 Å². The molecule has 0 unspecified atom stereocenters. The van der Waals surface area contributed by atoms with Crippen molar-refractivity contribution >= 4 is 39.1 Å². The second-order valence-electron chi connectivity index (χ2n) is 7.73. The van der Waals surface area contributed by atoms with Gasteiger partial charge in [-0.1, -0.05) is 11.6 Å². The molecule has 1 fully saturated rings. The van der Waals surface area contributed by atoms with Crippen LogP contribution in [0.4, 0.5) is 0 Å². The van der Waals surface area contributed by atoms with Gasteiger partial charge in [0.25, 0.3) is 5.91 Å². The Kier molecular flexibility index (Phi) is 6.22. The van der Waals surface area contributed by atoms with Gasteiger partial charge in [0, 0.05) is 30.2 Å². The van der Waals surface area contributed by atoms with Crippen LogP contribution in [0.15, 0.2) is 24.3 Å². The van der Waals surface area contributed by atoms with Gasteiger partial charge in [0.15, 0.2) is 11.6 Å². The number of thiophene rings is 1. The van der Waals surface area contributed by atoms with Crippen molar-refractivity contribution in [2.24, 2.45) is 0 Å². The standard InChI is InChI=1S/C22H25ClN4O2S/c1-14-17-18(29-13-12-26(2)3)19(22(28)27-10-4-5-11-27)30-21(17)25-20(24-14)15-6-8-16(23)9-7-15/h6-9H,4-5,10-13H2,1-3H3. The molecule has 0 N–H and O–H groups in total. The minimum Gasteiger partial charge on any atom is -0.490 e. The molecular weight excluding hydrogens is 420 g/mol. The average molecular weight is 445 g/mol. The number of ether oxygens (including phenoxy) is 1. The van der Waals surface area contributed by atoms with Crippen LogP contribution < -0.4 is 4.74 Å². The first-order valence-electron chi connectivity index (χ1n) is 10.1. The van der Waals surface area contributed by atoms with Gasteiger partial charge >= 0.3 is 0 Å². The van der Waals surface area contributed by atoms with Crippen molar-refractivity contribution in [2.75, 3.05) is 40.3 Å². The number of fused-ring (bicyclic) bond motifs is 1. The topological polar surface area (TPSA) is 58.6 Å². The summed E-state index contributed by atoms with van der Waals surface area (Å²) in [5.74, 6) is 1.27. The Morgan fingerprint density at radius 3 is 2.57 bits per heavy atom. The number of aromatic nitrogens is 2. The summed E-state index contributed by atoms with van der Waals surface area (Å²) < 4.78 is 6.15. The van der Waals surface area contributed by atoms with E-state index in [0.29, 0.717) is 28.1 Å². The van der Waals surface area contributed by atoms with Gasteiger partial charge in [-0.15, -0.1) is 11.3 Å². The number of halogens is 1. The Labute approximate surface area is 185 Å². The van der Waals surface area contributed by atoms with Crippen molar-refractivity contribution in [2.45, 2.75) is 19.8 Å². The largest absolute Gasteiger partial charge is 0.490 e. The maximum Gasteiger partial charge on any atom is 0.267 e. The van der Waals surface area contributed by atoms with Crippen LogP contribution in [0.1, 0.15) is 28.2 Å². The molecule has 1 aromatic carbocycles. The highest BCUT2D eigenvalue weighted by Gasteiger charge is 2.28. The second kappa shape index (κ2) is 8.88. The van der Waals surface area contributed by atoms with Crippen molar-refractivity contribution in [1.82, 2.24) is 19.8 Å². The number of likely N-dealkylation sites (N-methyl/N-ethyl adjacent to an activating group) is 1. The van der Waals surface area contributed by atoms with E-state index in [-0.39, 0.29) is 5.91 Å². The minimum absolute atomic E-state index is 0.0304. The third kappa shape index (κ3) is 4.29. The van der Waals surface area contributed by atoms with Crippen LogP contribution >= 0.6 is 22.9 Å². The Morgan fingerprint density at radius 2 is 1.90 bits per heavy atom. The van der Waals surface area contributed by atoms with Crippen LogP contribution in [0.3, 0.4) is 0 Å². The molecule has 4 rings (SSSR count). The summed E-state index contributed by atoms with van der Waals surface area (Å²) in [5, 5.41) is 1.50. The lowest BCUT2D eigenvalue weighted by molar-refractivity contribution is 0.0793. The molecule has 0 aliphatic carbocycles. The van der Waals surface area contributed by atoms with Crippen LogP contribution in [0.5, 0.6) is 5.75 Å². The smallest absolute Gasteiger partial charge is 0.267 e. The molecule has 0 saturated carbocycles. The summed E-state index contributed by atoms with van der Waals surface area (Å²) in [4.78, 5) is 28.1. The Balaban J connectivity index is 1.78. The number of nitrogens with zero attached hydrogens (tertiary/aromatic N) is 4. The third-order valence-corrected chi connectivity index (χ3v) is 6.47. The molecule has 6 nitrogen and oxygen atoms in total. The molecule has 3 heterocycles. The summed E-state index contributed by atoms with van der Waals surface area (Å²) in [7, 11) is 4.00. The van der Waals surface area contributed by atoms with E-state index in [1.54, 1.807) is 0 Å². The van der Waals surface area contributed by atoms with E-state index < -0.39 is 0 Å². The number of amides is 1. The van der Waals surface area contributed by atoms with Crippen molar-refractivity contribution < 1.29 is 9.53 Å². The molecule has 30 heavy (non-hydrogen) atoms. The fourth-order valence-corrected chi connectivity index (χ4v) is 4.80. The van der Waals surface area contributed by atoms with Crippen molar-refractivity contribution in [3.05, 3.63) is 39.9 Å². The highest BCUT2D eigenvalue weighted by molar-refractivity contribution is 7.21. The van der Waals surface area contributed by atoms with Gasteiger partial charge in [-0.2, -0.15) is 0 Å². The fraction of sp³-hybridized carbons (Fsp3) is 0.409. The molecular formula is C22H25ClN4O2S. The SMILES string of the molecule is Cc1nc(-c2ccc(Cl)cc2)nc2sc(C(=O)N3CCCC3)c(OCCN(C)C)c12. The number of carbonyl (C=O) groups excluding carboxylic acids is 1. The highest BCUT2D eigenvalue weighted by Crippen LogP contribution is 2.40. The van der Waals surface area contributed by atoms with E-state index in [1.807, 2.05) is 50.2 Å². The summed E-state index contributed by atoms with van der Waals surface area (Å²) in [5.41, 5.74) is 1.70. The van der Waals surface area contributed by atoms with Crippen molar-refractivity contribution in [3.8, 4) is 17.1 Å². The Morgan fingerprint density at radius 1 is 1.20 bits per heavy atom. The quantitative estimate of drug-likeness (QED) is 0.560. The van der Waals surface area contributed by atoms with E-state index >= 15 is 0 Å². The molecule has 3 aromatic rings. The molecule has 2 aromatic heterocycles. The number of benzene rings is 1. The molecule has 0 spiro atoms. The monoisotopic (exact) mass is 444 g/mol. The lowest BCUT2D eigenvalue weighted by Crippen LogP contribution is -2.27. The lowest BCUT2D eigenvalue weighted by atomic mass is 10.2. The molecule has 1 aliphatic heterocycles. The molecule has 1 aliphatic rings. The summed E-state index contributed by atoms with van der Waals surface area (Å²) in [6.07, 6.45) is 2.10. The van der Waals surface area contributed by atoms with Crippen molar-refractivity contribution in [3.63, 3.8) is 0 Å². The van der Waals surface area contributed by atoms with Gasteiger partial charge in [-0.05, 0) is 58.1 Å². The number of rotatable bonds is 6. The van der Waals surface area contributed by atoms with Gasteiger partial charge < -0.3 is 14.5 Å². The summed E-state index contributed by atoms with van der Waals surface area (Å²) in [6, 6.07) is 7.46. The van der Waals surface area contributed by atoms with Gasteiger partial charge in [-0.3, -0.25) is 4.79 Å². The van der Waals surface area contributed by atoms with Crippen LogP contribution in [0.25, 0.3) is 21.6 Å². The van der Waals surface area contributed by atoms with Gasteiger partial charge in [0.1, 0.15) is 16.3 Å². The predicted molar refractivity (Wildman–Crippen MR) is 122 cm³/mol. The second-order valence-corrected chi connectivity index (χ2v) is 9.17. The molecule has 8 heteroatoms. The Hall–Kier alpha value is -2.22. The number of hydrogen-bond donors (Lipinski definition) is 0. The number of aryl methyl sites for hydroxylation is 1. The molecule has 0 radical (unpaired) electrons. The highest BCUT2D eigenvalue weighted by atomic mass is 35.5. The van der Waals surface area contributed by atoms with E-state index in [0.717, 1.165) is 53.9 Å². The van der Waals surface area contributed by atoms with Crippen LogP contribution in [-0.4, -0.2) is 66.0 Å². The zero-order valence-corrected chi connectivity index (χ0v) is 19.0. The van der Waals surface area contributed by atoms with Gasteiger partial charge in [0.2, 0.25) is 0 Å². The molecule has 0 bridgehead atoms. The Bertz CT molecular complexity index is 1060. The van der Waals surface area contributed by atoms with Gasteiger partial charge in [0.05, 0.1) is 11.1 Å². The zero-order valence-electron chi connectivity index (χ0n) is 17.4. The first-order valence-corrected chi connectivity index (χ1v) is 11.3. The number of carbonyl (C=O) groups is 1. The lowest BCUT2D eigenvalue weighted by Gasteiger charge is -2.16.